The van der Waals surface area contributed by atoms with E-state index < -0.39 is 8.07 Å². The van der Waals surface area contributed by atoms with Crippen LogP contribution in [0.15, 0.2) is 102 Å². The van der Waals surface area contributed by atoms with Crippen LogP contribution in [-0.4, -0.2) is 19.3 Å². The predicted molar refractivity (Wildman–Crippen MR) is 107 cm³/mol. The average molecular weight is 343 g/mol. The van der Waals surface area contributed by atoms with Crippen molar-refractivity contribution in [1.29, 1.82) is 0 Å². The lowest BCUT2D eigenvalue weighted by atomic mass is 10.3. The maximum Gasteiger partial charge on any atom is 0.176 e. The van der Waals surface area contributed by atoms with E-state index in [4.69, 9.17) is 0 Å². The molecule has 0 bridgehead atoms. The van der Waals surface area contributed by atoms with Gasteiger partial charge in [-0.3, -0.25) is 0 Å². The van der Waals surface area contributed by atoms with Crippen LogP contribution in [-0.2, 0) is 0 Å². The van der Waals surface area contributed by atoms with Crippen molar-refractivity contribution in [3.63, 3.8) is 0 Å². The van der Waals surface area contributed by atoms with Gasteiger partial charge in [0.05, 0.1) is 6.10 Å². The summed E-state index contributed by atoms with van der Waals surface area (Å²) in [4.78, 5) is 0. The summed E-state index contributed by atoms with van der Waals surface area (Å²) in [5.74, 6) is 0. The average Bonchev–Trinajstić information content (AvgIpc) is 3.47. The highest BCUT2D eigenvalue weighted by molar-refractivity contribution is 7.16. The Morgan fingerprint density at radius 3 is 1.32 bits per heavy atom. The lowest BCUT2D eigenvalue weighted by molar-refractivity contribution is 0.236. The highest BCUT2D eigenvalue weighted by atomic mass is 28.3. The first kappa shape index (κ1) is 16.1. The molecule has 1 nitrogen and oxygen atoms in total. The van der Waals surface area contributed by atoms with Crippen molar-refractivity contribution >= 4 is 23.6 Å². The summed E-state index contributed by atoms with van der Waals surface area (Å²) in [5, 5.41) is 15.9. The van der Waals surface area contributed by atoms with Gasteiger partial charge in [0, 0.05) is 0 Å². The van der Waals surface area contributed by atoms with Crippen LogP contribution in [0.5, 0.6) is 0 Å². The quantitative estimate of drug-likeness (QED) is 0.558. The van der Waals surface area contributed by atoms with Gasteiger partial charge in [-0.2, -0.15) is 0 Å². The molecule has 1 N–H and O–H groups in total. The van der Waals surface area contributed by atoms with Gasteiger partial charge in [-0.1, -0.05) is 96.2 Å². The van der Waals surface area contributed by atoms with Crippen LogP contribution < -0.4 is 15.6 Å². The molecule has 124 valence electrons. The van der Waals surface area contributed by atoms with Crippen molar-refractivity contribution in [3.8, 4) is 0 Å². The maximum atomic E-state index is 10.2. The Hall–Kier alpha value is -2.42. The van der Waals surface area contributed by atoms with Crippen LogP contribution in [0.4, 0.5) is 0 Å². The van der Waals surface area contributed by atoms with E-state index in [9.17, 15) is 5.11 Å². The molecule has 25 heavy (non-hydrogen) atoms. The minimum atomic E-state index is -2.30. The Morgan fingerprint density at radius 2 is 1.04 bits per heavy atom. The summed E-state index contributed by atoms with van der Waals surface area (Å²) in [6, 6.07) is 32.6. The van der Waals surface area contributed by atoms with Gasteiger partial charge in [0.15, 0.2) is 8.07 Å². The molecule has 0 saturated heterocycles. The fourth-order valence-corrected chi connectivity index (χ4v) is 9.28. The predicted octanol–water partition coefficient (Wildman–Crippen LogP) is 2.78. The first-order chi connectivity index (χ1) is 12.2. The highest BCUT2D eigenvalue weighted by Crippen LogP contribution is 2.40. The van der Waals surface area contributed by atoms with E-state index in [2.05, 4.69) is 91.0 Å². The summed E-state index contributed by atoms with van der Waals surface area (Å²) < 4.78 is 0. The van der Waals surface area contributed by atoms with Gasteiger partial charge in [0.25, 0.3) is 0 Å². The number of aliphatic hydroxyl groups is 1. The topological polar surface area (TPSA) is 20.2 Å². The van der Waals surface area contributed by atoms with Crippen molar-refractivity contribution in [3.05, 3.63) is 102 Å². The summed E-state index contributed by atoms with van der Waals surface area (Å²) in [5.41, 5.74) is 1.23. The van der Waals surface area contributed by atoms with E-state index >= 15 is 0 Å². The van der Waals surface area contributed by atoms with Crippen LogP contribution in [0.25, 0.3) is 0 Å². The number of hydrogen-bond donors (Lipinski definition) is 1. The van der Waals surface area contributed by atoms with E-state index in [-0.39, 0.29) is 6.10 Å². The summed E-state index contributed by atoms with van der Waals surface area (Å²) in [6.07, 6.45) is 0.584. The van der Waals surface area contributed by atoms with Gasteiger partial charge >= 0.3 is 0 Å². The number of allylic oxidation sites excluding steroid dienone is 1. The second-order valence-electron chi connectivity index (χ2n) is 6.70. The molecular formula is C23H22OSi. The molecule has 0 fully saturated rings. The Morgan fingerprint density at radius 1 is 0.680 bits per heavy atom. The zero-order valence-corrected chi connectivity index (χ0v) is 15.4. The third kappa shape index (κ3) is 2.68. The summed E-state index contributed by atoms with van der Waals surface area (Å²) in [7, 11) is -2.30. The molecule has 0 heterocycles. The van der Waals surface area contributed by atoms with Crippen molar-refractivity contribution in [2.45, 2.75) is 19.4 Å². The number of hydrogen-bond acceptors (Lipinski definition) is 1. The van der Waals surface area contributed by atoms with Crippen LogP contribution >= 0.6 is 0 Å². The fourth-order valence-electron chi connectivity index (χ4n) is 4.01. The van der Waals surface area contributed by atoms with Gasteiger partial charge in [-0.25, -0.2) is 0 Å². The maximum absolute atomic E-state index is 10.2. The van der Waals surface area contributed by atoms with E-state index in [1.807, 2.05) is 6.92 Å². The second kappa shape index (κ2) is 6.47. The molecule has 3 aromatic carbocycles. The zero-order valence-electron chi connectivity index (χ0n) is 14.4. The van der Waals surface area contributed by atoms with E-state index in [0.717, 1.165) is 6.42 Å². The Bertz CT molecular complexity index is 786. The first-order valence-corrected chi connectivity index (χ1v) is 10.8. The van der Waals surface area contributed by atoms with Crippen molar-refractivity contribution in [1.82, 2.24) is 0 Å². The number of benzene rings is 3. The van der Waals surface area contributed by atoms with Gasteiger partial charge in [0.2, 0.25) is 0 Å². The molecular weight excluding hydrogens is 320 g/mol. The summed E-state index contributed by atoms with van der Waals surface area (Å²) in [6.45, 7) is 1.89. The molecule has 0 amide bonds. The lowest BCUT2D eigenvalue weighted by Gasteiger charge is -2.32. The number of rotatable bonds is 5. The monoisotopic (exact) mass is 342 g/mol. The Kier molecular flexibility index (Phi) is 4.16. The van der Waals surface area contributed by atoms with Crippen molar-refractivity contribution in [2.75, 3.05) is 0 Å². The van der Waals surface area contributed by atoms with Crippen molar-refractivity contribution < 1.29 is 5.11 Å². The minimum Gasteiger partial charge on any atom is -0.389 e. The van der Waals surface area contributed by atoms with E-state index in [0.29, 0.717) is 0 Å². The molecule has 0 radical (unpaired) electrons. The third-order valence-corrected chi connectivity index (χ3v) is 10.2. The van der Waals surface area contributed by atoms with Crippen LogP contribution in [0.3, 0.4) is 0 Å². The fraction of sp³-hybridized carbons (Fsp3) is 0.130. The molecule has 2 heteroatoms. The van der Waals surface area contributed by atoms with Gasteiger partial charge < -0.3 is 5.11 Å². The second-order valence-corrected chi connectivity index (χ2v) is 10.5. The molecule has 0 aromatic heterocycles. The van der Waals surface area contributed by atoms with Gasteiger partial charge in [0.1, 0.15) is 0 Å². The molecule has 1 aliphatic carbocycles. The molecule has 1 atom stereocenters. The Labute approximate surface area is 150 Å². The van der Waals surface area contributed by atoms with Crippen LogP contribution in [0.2, 0.25) is 0 Å². The van der Waals surface area contributed by atoms with E-state index in [1.54, 1.807) is 0 Å². The number of aliphatic hydroxyl groups excluding tert-OH is 1. The van der Waals surface area contributed by atoms with Gasteiger partial charge in [-0.05, 0) is 34.5 Å². The molecule has 0 spiro atoms. The normalized spacial score (nSPS) is 15.1. The van der Waals surface area contributed by atoms with Crippen LogP contribution in [0.1, 0.15) is 13.3 Å². The third-order valence-electron chi connectivity index (χ3n) is 5.21. The molecule has 1 unspecified atom stereocenters. The van der Waals surface area contributed by atoms with Crippen molar-refractivity contribution in [2.24, 2.45) is 0 Å². The minimum absolute atomic E-state index is 0.363. The largest absolute Gasteiger partial charge is 0.389 e. The Balaban J connectivity index is 2.07. The molecule has 0 saturated carbocycles. The summed E-state index contributed by atoms with van der Waals surface area (Å²) >= 11 is 0. The van der Waals surface area contributed by atoms with Gasteiger partial charge in [-0.15, -0.1) is 0 Å². The SMILES string of the molecule is CC(O)C1=C([Si](c2ccccc2)(c2ccccc2)c2ccccc2)C1. The zero-order chi connectivity index (χ0) is 17.3. The lowest BCUT2D eigenvalue weighted by Crippen LogP contribution is -2.67. The first-order valence-electron chi connectivity index (χ1n) is 8.81. The standard InChI is InChI=1S/C23H22OSi/c1-18(24)22-17-23(22)25(19-11-5-2-6-12-19,20-13-7-3-8-14-20)21-15-9-4-10-16-21/h2-16,18,24H,17H2,1H3. The van der Waals surface area contributed by atoms with Crippen LogP contribution in [0, 0.1) is 0 Å². The molecule has 1 aliphatic rings. The van der Waals surface area contributed by atoms with E-state index in [1.165, 1.54) is 26.3 Å². The molecule has 0 aliphatic heterocycles. The smallest absolute Gasteiger partial charge is 0.176 e. The highest BCUT2D eigenvalue weighted by Gasteiger charge is 2.49. The molecule has 3 aromatic rings. The molecule has 4 rings (SSSR count).